The lowest BCUT2D eigenvalue weighted by Gasteiger charge is -2.16. The lowest BCUT2D eigenvalue weighted by Crippen LogP contribution is -2.06. The van der Waals surface area contributed by atoms with Crippen molar-refractivity contribution in [3.8, 4) is 5.75 Å². The molecule has 4 nitrogen and oxygen atoms in total. The molecular formula is C16H23N3O. The number of hydrogen-bond donors (Lipinski definition) is 1. The summed E-state index contributed by atoms with van der Waals surface area (Å²) in [6, 6.07) is 4.08. The summed E-state index contributed by atoms with van der Waals surface area (Å²) in [4.78, 5) is 4.03. The van der Waals surface area contributed by atoms with Crippen LogP contribution in [0.15, 0.2) is 30.9 Å². The summed E-state index contributed by atoms with van der Waals surface area (Å²) >= 11 is 0. The lowest BCUT2D eigenvalue weighted by atomic mass is 9.99. The van der Waals surface area contributed by atoms with Gasteiger partial charge in [0, 0.05) is 24.6 Å². The predicted molar refractivity (Wildman–Crippen MR) is 82.0 cm³/mol. The van der Waals surface area contributed by atoms with E-state index in [0.717, 1.165) is 30.0 Å². The number of aromatic nitrogens is 2. The molecule has 1 heterocycles. The molecule has 4 heteroatoms. The molecule has 2 N–H and O–H groups in total. The van der Waals surface area contributed by atoms with Gasteiger partial charge in [0.25, 0.3) is 0 Å². The maximum absolute atomic E-state index is 5.98. The van der Waals surface area contributed by atoms with Crippen LogP contribution in [-0.4, -0.2) is 16.2 Å². The fourth-order valence-corrected chi connectivity index (χ4v) is 2.14. The molecule has 1 aromatic carbocycles. The molecule has 0 amide bonds. The third-order valence-electron chi connectivity index (χ3n) is 3.40. The second-order valence-electron chi connectivity index (χ2n) is 5.40. The Bertz CT molecular complexity index is 547. The van der Waals surface area contributed by atoms with Gasteiger partial charge in [0.15, 0.2) is 0 Å². The van der Waals surface area contributed by atoms with Crippen LogP contribution < -0.4 is 10.5 Å². The summed E-state index contributed by atoms with van der Waals surface area (Å²) in [7, 11) is 0. The zero-order valence-corrected chi connectivity index (χ0v) is 12.5. The van der Waals surface area contributed by atoms with Gasteiger partial charge in [-0.15, -0.1) is 0 Å². The van der Waals surface area contributed by atoms with E-state index in [0.29, 0.717) is 12.5 Å². The molecule has 0 atom stereocenters. The van der Waals surface area contributed by atoms with Crippen LogP contribution in [0.3, 0.4) is 0 Å². The minimum atomic E-state index is 0.404. The Morgan fingerprint density at radius 2 is 2.15 bits per heavy atom. The minimum Gasteiger partial charge on any atom is -0.493 e. The van der Waals surface area contributed by atoms with Gasteiger partial charge in [0.2, 0.25) is 0 Å². The fourth-order valence-electron chi connectivity index (χ4n) is 2.14. The van der Waals surface area contributed by atoms with Crippen molar-refractivity contribution in [2.24, 2.45) is 0 Å². The van der Waals surface area contributed by atoms with E-state index in [1.807, 2.05) is 31.6 Å². The quantitative estimate of drug-likeness (QED) is 0.648. The number of aryl methyl sites for hydroxylation is 2. The zero-order chi connectivity index (χ0) is 14.5. The van der Waals surface area contributed by atoms with E-state index in [1.165, 1.54) is 5.56 Å². The van der Waals surface area contributed by atoms with Crippen LogP contribution in [0.1, 0.15) is 37.3 Å². The molecule has 108 valence electrons. The maximum Gasteiger partial charge on any atom is 0.123 e. The molecule has 2 rings (SSSR count). The highest BCUT2D eigenvalue weighted by atomic mass is 16.5. The number of anilines is 1. The third-order valence-corrected chi connectivity index (χ3v) is 3.40. The van der Waals surface area contributed by atoms with Crippen molar-refractivity contribution in [3.63, 3.8) is 0 Å². The standard InChI is InChI=1S/C16H23N3O/c1-12(2)14-10-15(17)13(3)9-16(14)20-8-4-6-19-7-5-18-11-19/h5,7,9-12H,4,6,8,17H2,1-3H3. The van der Waals surface area contributed by atoms with Gasteiger partial charge in [-0.05, 0) is 42.5 Å². The van der Waals surface area contributed by atoms with Crippen LogP contribution >= 0.6 is 0 Å². The van der Waals surface area contributed by atoms with E-state index in [9.17, 15) is 0 Å². The smallest absolute Gasteiger partial charge is 0.123 e. The molecule has 2 aromatic rings. The van der Waals surface area contributed by atoms with Crippen molar-refractivity contribution in [2.45, 2.75) is 39.7 Å². The van der Waals surface area contributed by atoms with E-state index in [4.69, 9.17) is 10.5 Å². The molecule has 0 bridgehead atoms. The first-order valence-electron chi connectivity index (χ1n) is 7.06. The van der Waals surface area contributed by atoms with E-state index in [1.54, 1.807) is 6.20 Å². The van der Waals surface area contributed by atoms with Crippen molar-refractivity contribution in [3.05, 3.63) is 42.0 Å². The molecule has 0 spiro atoms. The molecule has 0 saturated heterocycles. The monoisotopic (exact) mass is 273 g/mol. The Kier molecular flexibility index (Phi) is 4.66. The number of nitrogen functional groups attached to an aromatic ring is 1. The van der Waals surface area contributed by atoms with Crippen LogP contribution in [0.25, 0.3) is 0 Å². The molecule has 0 radical (unpaired) electrons. The van der Waals surface area contributed by atoms with Crippen molar-refractivity contribution in [1.82, 2.24) is 9.55 Å². The predicted octanol–water partition coefficient (Wildman–Crippen LogP) is 3.37. The third kappa shape index (κ3) is 3.53. The fraction of sp³-hybridized carbons (Fsp3) is 0.438. The van der Waals surface area contributed by atoms with Gasteiger partial charge in [0.05, 0.1) is 12.9 Å². The average Bonchev–Trinajstić information content (AvgIpc) is 2.91. The number of nitrogens with two attached hydrogens (primary N) is 1. The topological polar surface area (TPSA) is 53.1 Å². The van der Waals surface area contributed by atoms with E-state index < -0.39 is 0 Å². The van der Waals surface area contributed by atoms with E-state index in [2.05, 4.69) is 23.4 Å². The summed E-state index contributed by atoms with van der Waals surface area (Å²) in [6.45, 7) is 7.94. The van der Waals surface area contributed by atoms with Crippen molar-refractivity contribution in [2.75, 3.05) is 12.3 Å². The first-order chi connectivity index (χ1) is 9.58. The van der Waals surface area contributed by atoms with Gasteiger partial charge in [-0.25, -0.2) is 4.98 Å². The Hall–Kier alpha value is -1.97. The Labute approximate surface area is 120 Å². The number of hydrogen-bond acceptors (Lipinski definition) is 3. The first-order valence-corrected chi connectivity index (χ1v) is 7.06. The summed E-state index contributed by atoms with van der Waals surface area (Å²) in [6.07, 6.45) is 6.54. The SMILES string of the molecule is Cc1cc(OCCCn2ccnc2)c(C(C)C)cc1N. The molecule has 0 aliphatic rings. The highest BCUT2D eigenvalue weighted by Gasteiger charge is 2.10. The van der Waals surface area contributed by atoms with Gasteiger partial charge in [-0.2, -0.15) is 0 Å². The molecule has 0 saturated carbocycles. The van der Waals surface area contributed by atoms with Gasteiger partial charge in [0.1, 0.15) is 5.75 Å². The van der Waals surface area contributed by atoms with Crippen LogP contribution in [0.5, 0.6) is 5.75 Å². The molecule has 0 fully saturated rings. The summed E-state index contributed by atoms with van der Waals surface area (Å²) in [5.74, 6) is 1.36. The molecule has 20 heavy (non-hydrogen) atoms. The highest BCUT2D eigenvalue weighted by molar-refractivity contribution is 5.55. The van der Waals surface area contributed by atoms with Gasteiger partial charge in [-0.3, -0.25) is 0 Å². The Morgan fingerprint density at radius 1 is 1.35 bits per heavy atom. The number of ether oxygens (including phenoxy) is 1. The Morgan fingerprint density at radius 3 is 2.80 bits per heavy atom. The molecular weight excluding hydrogens is 250 g/mol. The van der Waals surface area contributed by atoms with Gasteiger partial charge < -0.3 is 15.0 Å². The van der Waals surface area contributed by atoms with Crippen molar-refractivity contribution in [1.29, 1.82) is 0 Å². The van der Waals surface area contributed by atoms with Crippen LogP contribution in [-0.2, 0) is 6.54 Å². The number of benzene rings is 1. The number of nitrogens with zero attached hydrogens (tertiary/aromatic N) is 2. The van der Waals surface area contributed by atoms with Crippen LogP contribution in [0.4, 0.5) is 5.69 Å². The largest absolute Gasteiger partial charge is 0.493 e. The number of imidazole rings is 1. The maximum atomic E-state index is 5.98. The van der Waals surface area contributed by atoms with E-state index >= 15 is 0 Å². The molecule has 1 aromatic heterocycles. The van der Waals surface area contributed by atoms with Crippen molar-refractivity contribution < 1.29 is 4.74 Å². The lowest BCUT2D eigenvalue weighted by molar-refractivity contribution is 0.298. The number of rotatable bonds is 6. The molecule has 0 aliphatic heterocycles. The molecule has 0 unspecified atom stereocenters. The normalized spacial score (nSPS) is 11.0. The Balaban J connectivity index is 1.96. The summed E-state index contributed by atoms with van der Waals surface area (Å²) in [5, 5.41) is 0. The van der Waals surface area contributed by atoms with Crippen LogP contribution in [0, 0.1) is 6.92 Å². The average molecular weight is 273 g/mol. The first kappa shape index (κ1) is 14.4. The second-order valence-corrected chi connectivity index (χ2v) is 5.40. The second kappa shape index (κ2) is 6.46. The summed E-state index contributed by atoms with van der Waals surface area (Å²) < 4.78 is 8.00. The molecule has 0 aliphatic carbocycles. The van der Waals surface area contributed by atoms with E-state index in [-0.39, 0.29) is 0 Å². The van der Waals surface area contributed by atoms with Gasteiger partial charge >= 0.3 is 0 Å². The zero-order valence-electron chi connectivity index (χ0n) is 12.5. The van der Waals surface area contributed by atoms with Crippen molar-refractivity contribution >= 4 is 5.69 Å². The minimum absolute atomic E-state index is 0.404. The van der Waals surface area contributed by atoms with Gasteiger partial charge in [-0.1, -0.05) is 13.8 Å². The highest BCUT2D eigenvalue weighted by Crippen LogP contribution is 2.31. The van der Waals surface area contributed by atoms with Crippen LogP contribution in [0.2, 0.25) is 0 Å². The summed E-state index contributed by atoms with van der Waals surface area (Å²) in [5.41, 5.74) is 9.06.